The highest BCUT2D eigenvalue weighted by Crippen LogP contribution is 2.04. The van der Waals surface area contributed by atoms with Gasteiger partial charge < -0.3 is 5.32 Å². The van der Waals surface area contributed by atoms with Crippen molar-refractivity contribution >= 4 is 11.6 Å². The van der Waals surface area contributed by atoms with Gasteiger partial charge in [0.15, 0.2) is 0 Å². The van der Waals surface area contributed by atoms with Crippen LogP contribution in [0.15, 0.2) is 12.2 Å². The number of hydrogen-bond donors (Lipinski definition) is 1. The largest absolute Gasteiger partial charge is 0.313 e. The molecule has 0 amide bonds. The molecule has 0 aliphatic rings. The summed E-state index contributed by atoms with van der Waals surface area (Å²) in [4.78, 5) is 0. The minimum absolute atomic E-state index is 0.341. The number of alkyl halides is 1. The Morgan fingerprint density at radius 2 is 2.27 bits per heavy atom. The summed E-state index contributed by atoms with van der Waals surface area (Å²) >= 11 is 5.92. The van der Waals surface area contributed by atoms with Crippen molar-refractivity contribution in [1.29, 1.82) is 0 Å². The lowest BCUT2D eigenvalue weighted by molar-refractivity contribution is 0.652. The molecule has 0 bridgehead atoms. The van der Waals surface area contributed by atoms with Crippen molar-refractivity contribution in [3.63, 3.8) is 0 Å². The molecule has 0 fully saturated rings. The molecule has 1 unspecified atom stereocenters. The summed E-state index contributed by atoms with van der Waals surface area (Å²) in [5.74, 6) is 0. The van der Waals surface area contributed by atoms with E-state index in [4.69, 9.17) is 11.6 Å². The van der Waals surface area contributed by atoms with E-state index in [1.807, 2.05) is 13.0 Å². The number of rotatable bonds is 6. The molecule has 66 valence electrons. The number of halogens is 1. The normalized spacial score (nSPS) is 14.1. The zero-order chi connectivity index (χ0) is 8.53. The number of hydrogen-bond acceptors (Lipinski definition) is 1. The fourth-order valence-corrected chi connectivity index (χ4v) is 0.875. The molecular formula is C9H18ClN. The summed E-state index contributed by atoms with van der Waals surface area (Å²) in [6.07, 6.45) is 6.28. The molecular weight excluding hydrogens is 158 g/mol. The standard InChI is InChI=1S/C9H18ClN/c1-3-5-7-11-8-6-9(10)4-2/h3,5,9,11H,4,6-8H2,1-2H3/b5-3+. The summed E-state index contributed by atoms with van der Waals surface area (Å²) in [5, 5.41) is 3.62. The first-order valence-corrected chi connectivity index (χ1v) is 4.70. The zero-order valence-electron chi connectivity index (χ0n) is 7.44. The van der Waals surface area contributed by atoms with E-state index >= 15 is 0 Å². The Labute approximate surface area is 74.8 Å². The van der Waals surface area contributed by atoms with Crippen LogP contribution < -0.4 is 5.32 Å². The second-order valence-corrected chi connectivity index (χ2v) is 3.18. The van der Waals surface area contributed by atoms with Crippen LogP contribution in [0, 0.1) is 0 Å². The Balaban J connectivity index is 3.01. The topological polar surface area (TPSA) is 12.0 Å². The van der Waals surface area contributed by atoms with E-state index in [1.165, 1.54) is 0 Å². The summed E-state index contributed by atoms with van der Waals surface area (Å²) < 4.78 is 0. The summed E-state index contributed by atoms with van der Waals surface area (Å²) in [6.45, 7) is 6.12. The van der Waals surface area contributed by atoms with Gasteiger partial charge in [-0.25, -0.2) is 0 Å². The van der Waals surface area contributed by atoms with Crippen LogP contribution in [0.1, 0.15) is 26.7 Å². The molecule has 1 atom stereocenters. The molecule has 0 spiro atoms. The van der Waals surface area contributed by atoms with E-state index in [0.717, 1.165) is 25.9 Å². The minimum Gasteiger partial charge on any atom is -0.313 e. The van der Waals surface area contributed by atoms with Crippen LogP contribution in [0.3, 0.4) is 0 Å². The highest BCUT2D eigenvalue weighted by molar-refractivity contribution is 6.20. The van der Waals surface area contributed by atoms with Crippen molar-refractivity contribution in [3.8, 4) is 0 Å². The van der Waals surface area contributed by atoms with E-state index in [2.05, 4.69) is 18.3 Å². The Bertz CT molecular complexity index is 102. The zero-order valence-corrected chi connectivity index (χ0v) is 8.19. The van der Waals surface area contributed by atoms with Gasteiger partial charge in [0.05, 0.1) is 0 Å². The predicted molar refractivity (Wildman–Crippen MR) is 52.2 cm³/mol. The van der Waals surface area contributed by atoms with Crippen LogP contribution in [0.4, 0.5) is 0 Å². The molecule has 0 rings (SSSR count). The van der Waals surface area contributed by atoms with Crippen LogP contribution in [0.5, 0.6) is 0 Å². The summed E-state index contributed by atoms with van der Waals surface area (Å²) in [5.41, 5.74) is 0. The van der Waals surface area contributed by atoms with Gasteiger partial charge in [-0.1, -0.05) is 19.1 Å². The number of allylic oxidation sites excluding steroid dienone is 1. The van der Waals surface area contributed by atoms with E-state index < -0.39 is 0 Å². The van der Waals surface area contributed by atoms with Crippen molar-refractivity contribution in [2.45, 2.75) is 32.1 Å². The van der Waals surface area contributed by atoms with Gasteiger partial charge in [0.25, 0.3) is 0 Å². The fourth-order valence-electron chi connectivity index (χ4n) is 0.766. The van der Waals surface area contributed by atoms with Crippen LogP contribution in [0.25, 0.3) is 0 Å². The van der Waals surface area contributed by atoms with Crippen molar-refractivity contribution in [2.24, 2.45) is 0 Å². The lowest BCUT2D eigenvalue weighted by atomic mass is 10.2. The third kappa shape index (κ3) is 7.89. The molecule has 0 saturated carbocycles. The van der Waals surface area contributed by atoms with Gasteiger partial charge >= 0.3 is 0 Å². The van der Waals surface area contributed by atoms with Crippen LogP contribution in [-0.2, 0) is 0 Å². The van der Waals surface area contributed by atoms with Gasteiger partial charge in [0, 0.05) is 11.9 Å². The fraction of sp³-hybridized carbons (Fsp3) is 0.778. The van der Waals surface area contributed by atoms with Gasteiger partial charge in [-0.3, -0.25) is 0 Å². The molecule has 1 nitrogen and oxygen atoms in total. The highest BCUT2D eigenvalue weighted by atomic mass is 35.5. The maximum Gasteiger partial charge on any atom is 0.0345 e. The minimum atomic E-state index is 0.341. The van der Waals surface area contributed by atoms with Crippen LogP contribution in [-0.4, -0.2) is 18.5 Å². The Kier molecular flexibility index (Phi) is 8.08. The van der Waals surface area contributed by atoms with Gasteiger partial charge in [0.2, 0.25) is 0 Å². The smallest absolute Gasteiger partial charge is 0.0345 e. The first kappa shape index (κ1) is 11.0. The third-order valence-electron chi connectivity index (χ3n) is 1.58. The average Bonchev–Trinajstić information content (AvgIpc) is 2.04. The molecule has 0 saturated heterocycles. The molecule has 0 aromatic heterocycles. The molecule has 0 aliphatic carbocycles. The first-order chi connectivity index (χ1) is 5.31. The Morgan fingerprint density at radius 3 is 2.82 bits per heavy atom. The van der Waals surface area contributed by atoms with Crippen molar-refractivity contribution in [3.05, 3.63) is 12.2 Å². The maximum atomic E-state index is 5.92. The van der Waals surface area contributed by atoms with Crippen molar-refractivity contribution in [1.82, 2.24) is 5.32 Å². The molecule has 1 N–H and O–H groups in total. The van der Waals surface area contributed by atoms with E-state index in [0.29, 0.717) is 5.38 Å². The summed E-state index contributed by atoms with van der Waals surface area (Å²) in [6, 6.07) is 0. The average molecular weight is 176 g/mol. The first-order valence-electron chi connectivity index (χ1n) is 4.27. The quantitative estimate of drug-likeness (QED) is 0.372. The van der Waals surface area contributed by atoms with Gasteiger partial charge in [-0.2, -0.15) is 0 Å². The second kappa shape index (κ2) is 8.09. The van der Waals surface area contributed by atoms with Gasteiger partial charge in [-0.15, -0.1) is 11.6 Å². The number of nitrogens with one attached hydrogen (secondary N) is 1. The summed E-state index contributed by atoms with van der Waals surface area (Å²) in [7, 11) is 0. The van der Waals surface area contributed by atoms with Crippen molar-refractivity contribution in [2.75, 3.05) is 13.1 Å². The van der Waals surface area contributed by atoms with E-state index in [9.17, 15) is 0 Å². The lowest BCUT2D eigenvalue weighted by Gasteiger charge is -2.05. The van der Waals surface area contributed by atoms with Crippen molar-refractivity contribution < 1.29 is 0 Å². The van der Waals surface area contributed by atoms with E-state index in [-0.39, 0.29) is 0 Å². The molecule has 0 radical (unpaired) electrons. The maximum absolute atomic E-state index is 5.92. The molecule has 0 heterocycles. The third-order valence-corrected chi connectivity index (χ3v) is 2.10. The molecule has 11 heavy (non-hydrogen) atoms. The Hall–Kier alpha value is -0.0100. The van der Waals surface area contributed by atoms with Crippen LogP contribution in [0.2, 0.25) is 0 Å². The molecule has 0 aromatic carbocycles. The van der Waals surface area contributed by atoms with Gasteiger partial charge in [0.1, 0.15) is 0 Å². The Morgan fingerprint density at radius 1 is 1.55 bits per heavy atom. The van der Waals surface area contributed by atoms with Gasteiger partial charge in [-0.05, 0) is 26.3 Å². The SMILES string of the molecule is C/C=C/CNCCC(Cl)CC. The molecule has 2 heteroatoms. The molecule has 0 aromatic rings. The monoisotopic (exact) mass is 175 g/mol. The molecule has 0 aliphatic heterocycles. The van der Waals surface area contributed by atoms with E-state index in [1.54, 1.807) is 0 Å². The van der Waals surface area contributed by atoms with Crippen LogP contribution >= 0.6 is 11.6 Å². The predicted octanol–water partition coefficient (Wildman–Crippen LogP) is 2.56. The highest BCUT2D eigenvalue weighted by Gasteiger charge is 1.98. The lowest BCUT2D eigenvalue weighted by Crippen LogP contribution is -2.17. The second-order valence-electron chi connectivity index (χ2n) is 2.57.